The van der Waals surface area contributed by atoms with E-state index in [9.17, 15) is 0 Å². The van der Waals surface area contributed by atoms with E-state index in [2.05, 4.69) is 27.8 Å². The molecule has 0 bridgehead atoms. The summed E-state index contributed by atoms with van der Waals surface area (Å²) >= 11 is 3.41. The lowest BCUT2D eigenvalue weighted by molar-refractivity contribution is 0.139. The van der Waals surface area contributed by atoms with Crippen molar-refractivity contribution in [1.82, 2.24) is 5.32 Å². The third kappa shape index (κ3) is 7.48. The molecule has 1 rings (SSSR count). The van der Waals surface area contributed by atoms with E-state index in [1.54, 1.807) is 0 Å². The molecular formula is C14H20BrNO2. The number of hydrogen-bond acceptors (Lipinski definition) is 3. The molecule has 0 saturated heterocycles. The van der Waals surface area contributed by atoms with Gasteiger partial charge in [-0.2, -0.15) is 0 Å². The summed E-state index contributed by atoms with van der Waals surface area (Å²) in [5.74, 6) is 0.883. The molecule has 0 spiro atoms. The predicted molar refractivity (Wildman–Crippen MR) is 78.1 cm³/mol. The Hall–Kier alpha value is -0.840. The van der Waals surface area contributed by atoms with Crippen LogP contribution in [-0.4, -0.2) is 32.9 Å². The van der Waals surface area contributed by atoms with Crippen LogP contribution in [0.3, 0.4) is 0 Å². The van der Waals surface area contributed by atoms with Gasteiger partial charge >= 0.3 is 0 Å². The number of hydrogen-bond donors (Lipinski definition) is 1. The van der Waals surface area contributed by atoms with Crippen molar-refractivity contribution in [2.75, 3.05) is 32.9 Å². The lowest BCUT2D eigenvalue weighted by Gasteiger charge is -2.08. The Morgan fingerprint density at radius 1 is 1.22 bits per heavy atom. The first-order valence-corrected chi connectivity index (χ1v) is 6.90. The summed E-state index contributed by atoms with van der Waals surface area (Å²) in [5, 5.41) is 3.26. The second-order valence-electron chi connectivity index (χ2n) is 3.75. The molecule has 18 heavy (non-hydrogen) atoms. The van der Waals surface area contributed by atoms with Crippen molar-refractivity contribution in [3.63, 3.8) is 0 Å². The number of benzene rings is 1. The maximum Gasteiger partial charge on any atom is 0.120 e. The molecule has 0 saturated carbocycles. The van der Waals surface area contributed by atoms with Crippen molar-refractivity contribution < 1.29 is 9.47 Å². The van der Waals surface area contributed by atoms with Gasteiger partial charge in [-0.15, -0.1) is 6.58 Å². The van der Waals surface area contributed by atoms with Gasteiger partial charge in [0.25, 0.3) is 0 Å². The summed E-state index contributed by atoms with van der Waals surface area (Å²) in [4.78, 5) is 0. The fourth-order valence-electron chi connectivity index (χ4n) is 1.34. The van der Waals surface area contributed by atoms with Crippen molar-refractivity contribution in [3.8, 4) is 5.75 Å². The number of ether oxygens (including phenoxy) is 2. The molecule has 100 valence electrons. The minimum absolute atomic E-state index is 0.656. The largest absolute Gasteiger partial charge is 0.492 e. The molecule has 0 aliphatic rings. The van der Waals surface area contributed by atoms with Crippen molar-refractivity contribution in [1.29, 1.82) is 0 Å². The zero-order chi connectivity index (χ0) is 13.1. The summed E-state index contributed by atoms with van der Waals surface area (Å²) in [6.07, 6.45) is 2.77. The van der Waals surface area contributed by atoms with Gasteiger partial charge in [0.2, 0.25) is 0 Å². The number of nitrogens with one attached hydrogen (secondary N) is 1. The van der Waals surface area contributed by atoms with E-state index in [1.165, 1.54) is 0 Å². The van der Waals surface area contributed by atoms with Crippen LogP contribution in [-0.2, 0) is 4.74 Å². The molecule has 0 heterocycles. The fraction of sp³-hybridized carbons (Fsp3) is 0.429. The Morgan fingerprint density at radius 3 is 2.83 bits per heavy atom. The molecule has 0 amide bonds. The molecule has 1 aromatic carbocycles. The standard InChI is InChI=1S/C14H20BrNO2/c1-2-3-9-17-10-7-16-8-11-18-14-6-4-5-13(15)12-14/h2,4-6,12,16H,1,3,7-11H2. The van der Waals surface area contributed by atoms with Crippen LogP contribution >= 0.6 is 15.9 Å². The van der Waals surface area contributed by atoms with Crippen molar-refractivity contribution in [2.24, 2.45) is 0 Å². The summed E-state index contributed by atoms with van der Waals surface area (Å²) in [7, 11) is 0. The van der Waals surface area contributed by atoms with Crippen LogP contribution in [0.1, 0.15) is 6.42 Å². The maximum absolute atomic E-state index is 5.59. The first-order valence-electron chi connectivity index (χ1n) is 6.10. The molecule has 0 aliphatic heterocycles. The van der Waals surface area contributed by atoms with Gasteiger partial charge in [0.1, 0.15) is 12.4 Å². The predicted octanol–water partition coefficient (Wildman–Crippen LogP) is 3.01. The minimum Gasteiger partial charge on any atom is -0.492 e. The quantitative estimate of drug-likeness (QED) is 0.532. The molecule has 0 radical (unpaired) electrons. The smallest absolute Gasteiger partial charge is 0.120 e. The summed E-state index contributed by atoms with van der Waals surface area (Å²) in [5.41, 5.74) is 0. The second-order valence-corrected chi connectivity index (χ2v) is 4.66. The van der Waals surface area contributed by atoms with Crippen LogP contribution in [0.15, 0.2) is 41.4 Å². The Morgan fingerprint density at radius 2 is 2.06 bits per heavy atom. The van der Waals surface area contributed by atoms with Crippen molar-refractivity contribution in [3.05, 3.63) is 41.4 Å². The number of halogens is 1. The van der Waals surface area contributed by atoms with Crippen LogP contribution in [0, 0.1) is 0 Å². The minimum atomic E-state index is 0.656. The summed E-state index contributed by atoms with van der Waals surface area (Å²) < 4.78 is 12.0. The fourth-order valence-corrected chi connectivity index (χ4v) is 1.71. The summed E-state index contributed by atoms with van der Waals surface area (Å²) in [6, 6.07) is 7.84. The lowest BCUT2D eigenvalue weighted by atomic mass is 10.3. The SMILES string of the molecule is C=CCCOCCNCCOc1cccc(Br)c1. The summed E-state index contributed by atoms with van der Waals surface area (Å²) in [6.45, 7) is 7.43. The van der Waals surface area contributed by atoms with Crippen LogP contribution in [0.2, 0.25) is 0 Å². The molecule has 0 unspecified atom stereocenters. The average molecular weight is 314 g/mol. The highest BCUT2D eigenvalue weighted by Gasteiger charge is 1.94. The molecule has 1 aromatic rings. The van der Waals surface area contributed by atoms with Gasteiger partial charge in [0, 0.05) is 17.6 Å². The zero-order valence-electron chi connectivity index (χ0n) is 10.5. The highest BCUT2D eigenvalue weighted by atomic mass is 79.9. The molecule has 0 fully saturated rings. The van der Waals surface area contributed by atoms with E-state index in [1.807, 2.05) is 30.3 Å². The van der Waals surface area contributed by atoms with Gasteiger partial charge in [-0.05, 0) is 24.6 Å². The topological polar surface area (TPSA) is 30.5 Å². The van der Waals surface area contributed by atoms with Gasteiger partial charge in [0.05, 0.1) is 13.2 Å². The Balaban J connectivity index is 1.94. The lowest BCUT2D eigenvalue weighted by Crippen LogP contribution is -2.25. The van der Waals surface area contributed by atoms with Crippen LogP contribution in [0.25, 0.3) is 0 Å². The molecule has 0 aromatic heterocycles. The maximum atomic E-state index is 5.59. The van der Waals surface area contributed by atoms with Crippen LogP contribution < -0.4 is 10.1 Å². The van der Waals surface area contributed by atoms with E-state index in [4.69, 9.17) is 9.47 Å². The molecule has 4 heteroatoms. The van der Waals surface area contributed by atoms with Crippen molar-refractivity contribution in [2.45, 2.75) is 6.42 Å². The Bertz CT molecular complexity index is 344. The Labute approximate surface area is 117 Å². The number of rotatable bonds is 10. The average Bonchev–Trinajstić information content (AvgIpc) is 2.37. The van der Waals surface area contributed by atoms with Gasteiger partial charge in [-0.3, -0.25) is 0 Å². The second kappa shape index (κ2) is 10.1. The van der Waals surface area contributed by atoms with Gasteiger partial charge in [0.15, 0.2) is 0 Å². The van der Waals surface area contributed by atoms with E-state index < -0.39 is 0 Å². The first-order chi connectivity index (χ1) is 8.83. The Kier molecular flexibility index (Phi) is 8.55. The highest BCUT2D eigenvalue weighted by Crippen LogP contribution is 2.17. The van der Waals surface area contributed by atoms with E-state index in [0.29, 0.717) is 6.61 Å². The molecule has 1 N–H and O–H groups in total. The molecule has 0 atom stereocenters. The highest BCUT2D eigenvalue weighted by molar-refractivity contribution is 9.10. The zero-order valence-corrected chi connectivity index (χ0v) is 12.1. The van der Waals surface area contributed by atoms with Gasteiger partial charge in [-0.1, -0.05) is 28.1 Å². The molecule has 0 aliphatic carbocycles. The van der Waals surface area contributed by atoms with Crippen molar-refractivity contribution >= 4 is 15.9 Å². The molecular weight excluding hydrogens is 294 g/mol. The monoisotopic (exact) mass is 313 g/mol. The third-order valence-electron chi connectivity index (χ3n) is 2.23. The van der Waals surface area contributed by atoms with Crippen LogP contribution in [0.5, 0.6) is 5.75 Å². The first kappa shape index (κ1) is 15.2. The van der Waals surface area contributed by atoms with E-state index in [-0.39, 0.29) is 0 Å². The van der Waals surface area contributed by atoms with E-state index in [0.717, 1.165) is 42.9 Å². The normalized spacial score (nSPS) is 10.3. The van der Waals surface area contributed by atoms with Gasteiger partial charge < -0.3 is 14.8 Å². The third-order valence-corrected chi connectivity index (χ3v) is 2.73. The van der Waals surface area contributed by atoms with Crippen LogP contribution in [0.4, 0.5) is 0 Å². The van der Waals surface area contributed by atoms with Gasteiger partial charge in [-0.25, -0.2) is 0 Å². The van der Waals surface area contributed by atoms with E-state index >= 15 is 0 Å². The molecule has 3 nitrogen and oxygen atoms in total.